The molecule has 0 saturated carbocycles. The molecule has 3 rings (SSSR count). The van der Waals surface area contributed by atoms with Crippen molar-refractivity contribution in [3.63, 3.8) is 0 Å². The SMILES string of the molecule is COc1ccc(C(=O)Cc2c(Cl)c[n+]([O-])cc2Cl)c(OCCc2ccccc2)c1OC. The van der Waals surface area contributed by atoms with Crippen molar-refractivity contribution < 1.29 is 23.7 Å². The molecule has 31 heavy (non-hydrogen) atoms. The summed E-state index contributed by atoms with van der Waals surface area (Å²) in [6.45, 7) is 0.330. The van der Waals surface area contributed by atoms with Gasteiger partial charge in [0.05, 0.1) is 26.4 Å². The lowest BCUT2D eigenvalue weighted by molar-refractivity contribution is -0.605. The second-order valence-electron chi connectivity index (χ2n) is 6.65. The lowest BCUT2D eigenvalue weighted by atomic mass is 10.0. The molecule has 0 aliphatic carbocycles. The van der Waals surface area contributed by atoms with E-state index in [-0.39, 0.29) is 28.0 Å². The third-order valence-corrected chi connectivity index (χ3v) is 5.33. The van der Waals surface area contributed by atoms with Crippen molar-refractivity contribution in [1.29, 1.82) is 0 Å². The smallest absolute Gasteiger partial charge is 0.204 e. The van der Waals surface area contributed by atoms with E-state index in [2.05, 4.69) is 0 Å². The van der Waals surface area contributed by atoms with E-state index in [9.17, 15) is 10.0 Å². The topological polar surface area (TPSA) is 71.7 Å². The summed E-state index contributed by atoms with van der Waals surface area (Å²) >= 11 is 12.3. The van der Waals surface area contributed by atoms with E-state index in [0.29, 0.717) is 40.4 Å². The van der Waals surface area contributed by atoms with Crippen molar-refractivity contribution in [3.8, 4) is 17.2 Å². The lowest BCUT2D eigenvalue weighted by Gasteiger charge is -2.17. The number of benzene rings is 2. The molecule has 0 radical (unpaired) electrons. The predicted octanol–water partition coefficient (Wildman–Crippen LogP) is 4.69. The fourth-order valence-corrected chi connectivity index (χ4v) is 3.71. The summed E-state index contributed by atoms with van der Waals surface area (Å²) in [5, 5.41) is 11.7. The molecule has 2 aromatic carbocycles. The second kappa shape index (κ2) is 10.4. The molecular weight excluding hydrogens is 441 g/mol. The van der Waals surface area contributed by atoms with Gasteiger partial charge in [-0.2, -0.15) is 4.73 Å². The summed E-state index contributed by atoms with van der Waals surface area (Å²) in [5.41, 5.74) is 1.77. The molecule has 0 N–H and O–H groups in total. The van der Waals surface area contributed by atoms with Gasteiger partial charge in [-0.1, -0.05) is 53.5 Å². The normalized spacial score (nSPS) is 10.6. The van der Waals surface area contributed by atoms with Crippen LogP contribution in [0.2, 0.25) is 10.0 Å². The molecule has 6 nitrogen and oxygen atoms in total. The van der Waals surface area contributed by atoms with E-state index in [1.165, 1.54) is 14.2 Å². The van der Waals surface area contributed by atoms with Gasteiger partial charge in [-0.05, 0) is 17.7 Å². The van der Waals surface area contributed by atoms with Gasteiger partial charge in [0.15, 0.2) is 29.7 Å². The molecule has 0 atom stereocenters. The number of carbonyl (C=O) groups excluding carboxylic acids is 1. The van der Waals surface area contributed by atoms with Gasteiger partial charge in [-0.3, -0.25) is 4.79 Å². The number of hydrogen-bond acceptors (Lipinski definition) is 5. The largest absolute Gasteiger partial charge is 0.619 e. The first-order valence-electron chi connectivity index (χ1n) is 9.46. The summed E-state index contributed by atoms with van der Waals surface area (Å²) < 4.78 is 17.3. The highest BCUT2D eigenvalue weighted by Crippen LogP contribution is 2.41. The number of aromatic nitrogens is 1. The first kappa shape index (κ1) is 22.7. The standard InChI is InChI=1S/C23H21Cl2NO5/c1-29-21-9-8-16(20(27)12-17-18(24)13-26(28)14-19(17)25)22(23(21)30-2)31-11-10-15-6-4-3-5-7-15/h3-9,13-14H,10-12H2,1-2H3. The average molecular weight is 462 g/mol. The number of rotatable bonds is 9. The molecule has 0 bridgehead atoms. The highest BCUT2D eigenvalue weighted by atomic mass is 35.5. The van der Waals surface area contributed by atoms with Gasteiger partial charge in [0, 0.05) is 18.4 Å². The van der Waals surface area contributed by atoms with Crippen LogP contribution >= 0.6 is 23.2 Å². The van der Waals surface area contributed by atoms with Gasteiger partial charge in [0.1, 0.15) is 10.0 Å². The highest BCUT2D eigenvalue weighted by Gasteiger charge is 2.24. The van der Waals surface area contributed by atoms with Crippen molar-refractivity contribution in [3.05, 3.63) is 86.8 Å². The van der Waals surface area contributed by atoms with Crippen LogP contribution in [-0.2, 0) is 12.8 Å². The zero-order valence-corrected chi connectivity index (χ0v) is 18.6. The Hall–Kier alpha value is -2.96. The van der Waals surface area contributed by atoms with Crippen LogP contribution in [0.3, 0.4) is 0 Å². The molecule has 0 unspecified atom stereocenters. The maximum Gasteiger partial charge on any atom is 0.204 e. The minimum absolute atomic E-state index is 0.108. The van der Waals surface area contributed by atoms with Crippen molar-refractivity contribution in [1.82, 2.24) is 0 Å². The summed E-state index contributed by atoms with van der Waals surface area (Å²) in [4.78, 5) is 13.1. The van der Waals surface area contributed by atoms with Crippen LogP contribution in [0.4, 0.5) is 0 Å². The number of Topliss-reactive ketones (excluding diaryl/α,β-unsaturated/α-hetero) is 1. The van der Waals surface area contributed by atoms with Crippen LogP contribution in [0.1, 0.15) is 21.5 Å². The first-order valence-corrected chi connectivity index (χ1v) is 10.2. The summed E-state index contributed by atoms with van der Waals surface area (Å²) in [6.07, 6.45) is 2.85. The van der Waals surface area contributed by atoms with Crippen molar-refractivity contribution in [2.24, 2.45) is 0 Å². The van der Waals surface area contributed by atoms with Gasteiger partial charge in [0.2, 0.25) is 5.75 Å². The van der Waals surface area contributed by atoms with Gasteiger partial charge in [-0.15, -0.1) is 0 Å². The summed E-state index contributed by atoms with van der Waals surface area (Å²) in [6, 6.07) is 13.1. The van der Waals surface area contributed by atoms with Crippen LogP contribution in [0, 0.1) is 5.21 Å². The van der Waals surface area contributed by atoms with Crippen LogP contribution in [0.25, 0.3) is 0 Å². The number of ketones is 1. The molecule has 3 aromatic rings. The molecule has 0 spiro atoms. The lowest BCUT2D eigenvalue weighted by Crippen LogP contribution is -2.25. The molecule has 0 aliphatic rings. The third-order valence-electron chi connectivity index (χ3n) is 4.68. The Labute approximate surface area is 190 Å². The maximum atomic E-state index is 13.1. The molecule has 0 saturated heterocycles. The van der Waals surface area contributed by atoms with Crippen LogP contribution < -0.4 is 18.9 Å². The number of nitrogens with zero attached hydrogens (tertiary/aromatic N) is 1. The van der Waals surface area contributed by atoms with Gasteiger partial charge >= 0.3 is 0 Å². The van der Waals surface area contributed by atoms with E-state index < -0.39 is 0 Å². The fraction of sp³-hybridized carbons (Fsp3) is 0.217. The third kappa shape index (κ3) is 5.40. The summed E-state index contributed by atoms with van der Waals surface area (Å²) in [5.74, 6) is 0.758. The van der Waals surface area contributed by atoms with Gasteiger partial charge in [-0.25, -0.2) is 0 Å². The van der Waals surface area contributed by atoms with E-state index in [1.54, 1.807) is 12.1 Å². The highest BCUT2D eigenvalue weighted by molar-refractivity contribution is 6.36. The Balaban J connectivity index is 1.90. The Kier molecular flexibility index (Phi) is 7.60. The summed E-state index contributed by atoms with van der Waals surface area (Å²) in [7, 11) is 2.99. The number of ether oxygens (including phenoxy) is 3. The molecule has 8 heteroatoms. The number of halogens is 2. The fourth-order valence-electron chi connectivity index (χ4n) is 3.13. The van der Waals surface area contributed by atoms with Gasteiger partial charge < -0.3 is 19.4 Å². The maximum absolute atomic E-state index is 13.1. The zero-order chi connectivity index (χ0) is 22.4. The molecule has 1 heterocycles. The van der Waals surface area contributed by atoms with Gasteiger partial charge in [0.25, 0.3) is 0 Å². The van der Waals surface area contributed by atoms with E-state index in [4.69, 9.17) is 37.4 Å². The Morgan fingerprint density at radius 1 is 0.968 bits per heavy atom. The Morgan fingerprint density at radius 3 is 2.26 bits per heavy atom. The minimum Gasteiger partial charge on any atom is -0.619 e. The first-order chi connectivity index (χ1) is 14.9. The Morgan fingerprint density at radius 2 is 1.65 bits per heavy atom. The average Bonchev–Trinajstić information content (AvgIpc) is 2.76. The molecular formula is C23H21Cl2NO5. The number of hydrogen-bond donors (Lipinski definition) is 0. The molecule has 0 aliphatic heterocycles. The van der Waals surface area contributed by atoms with Crippen molar-refractivity contribution >= 4 is 29.0 Å². The second-order valence-corrected chi connectivity index (χ2v) is 7.47. The minimum atomic E-state index is -0.289. The zero-order valence-electron chi connectivity index (χ0n) is 17.1. The Bertz CT molecular complexity index is 1050. The monoisotopic (exact) mass is 461 g/mol. The number of methoxy groups -OCH3 is 2. The molecule has 0 amide bonds. The van der Waals surface area contributed by atoms with Crippen LogP contribution in [0.15, 0.2) is 54.9 Å². The molecule has 162 valence electrons. The predicted molar refractivity (Wildman–Crippen MR) is 119 cm³/mol. The van der Waals surface area contributed by atoms with E-state index in [0.717, 1.165) is 18.0 Å². The quantitative estimate of drug-likeness (QED) is 0.262. The number of carbonyl (C=O) groups is 1. The van der Waals surface area contributed by atoms with Crippen LogP contribution in [-0.4, -0.2) is 26.6 Å². The molecule has 0 fully saturated rings. The van der Waals surface area contributed by atoms with E-state index in [1.807, 2.05) is 30.3 Å². The van der Waals surface area contributed by atoms with Crippen molar-refractivity contribution in [2.45, 2.75) is 12.8 Å². The molecule has 1 aromatic heterocycles. The van der Waals surface area contributed by atoms with Crippen molar-refractivity contribution in [2.75, 3.05) is 20.8 Å². The van der Waals surface area contributed by atoms with Crippen LogP contribution in [0.5, 0.6) is 17.2 Å². The number of pyridine rings is 1. The van der Waals surface area contributed by atoms with E-state index >= 15 is 0 Å².